The zero-order valence-corrected chi connectivity index (χ0v) is 18.5. The highest BCUT2D eigenvalue weighted by Gasteiger charge is 2.63. The Kier molecular flexibility index (Phi) is 5.62. The molecule has 1 aromatic rings. The van der Waals surface area contributed by atoms with Crippen LogP contribution >= 0.6 is 0 Å². The minimum absolute atomic E-state index is 0.0868. The van der Waals surface area contributed by atoms with Gasteiger partial charge in [0.05, 0.1) is 17.8 Å². The maximum Gasteiger partial charge on any atom is 0.338 e. The van der Waals surface area contributed by atoms with Gasteiger partial charge in [0.15, 0.2) is 8.32 Å². The lowest BCUT2D eigenvalue weighted by molar-refractivity contribution is 0.0474. The van der Waals surface area contributed by atoms with Crippen LogP contribution in [0.3, 0.4) is 0 Å². The SMILES string of the molecule is C=C1[C@@H](O)CC(O[Si](C)(C)C(C)(C)C)CC12OC2COC(=O)c1ccccc1. The molecule has 1 spiro atoms. The molecule has 1 aliphatic carbocycles. The predicted molar refractivity (Wildman–Crippen MR) is 111 cm³/mol. The molecule has 154 valence electrons. The average molecular weight is 405 g/mol. The van der Waals surface area contributed by atoms with E-state index in [9.17, 15) is 9.90 Å². The topological polar surface area (TPSA) is 68.3 Å². The lowest BCUT2D eigenvalue weighted by atomic mass is 9.79. The second-order valence-electron chi connectivity index (χ2n) is 9.44. The summed E-state index contributed by atoms with van der Waals surface area (Å²) >= 11 is 0. The molecule has 1 aliphatic heterocycles. The van der Waals surface area contributed by atoms with Crippen LogP contribution in [0.4, 0.5) is 0 Å². The molecule has 2 fully saturated rings. The highest BCUT2D eigenvalue weighted by Crippen LogP contribution is 2.52. The summed E-state index contributed by atoms with van der Waals surface area (Å²) in [4.78, 5) is 12.2. The molecular formula is C22H32O5Si. The Bertz CT molecular complexity index is 739. The maximum absolute atomic E-state index is 12.2. The van der Waals surface area contributed by atoms with Crippen LogP contribution in [-0.4, -0.2) is 49.9 Å². The third kappa shape index (κ3) is 4.10. The van der Waals surface area contributed by atoms with Crippen molar-refractivity contribution in [2.45, 2.75) is 75.7 Å². The van der Waals surface area contributed by atoms with Crippen molar-refractivity contribution in [1.82, 2.24) is 0 Å². The second kappa shape index (κ2) is 7.41. The molecule has 1 aromatic carbocycles. The fraction of sp³-hybridized carbons (Fsp3) is 0.591. The molecule has 1 saturated carbocycles. The number of esters is 1. The fourth-order valence-corrected chi connectivity index (χ4v) is 4.94. The highest BCUT2D eigenvalue weighted by atomic mass is 28.4. The monoisotopic (exact) mass is 404 g/mol. The van der Waals surface area contributed by atoms with Crippen LogP contribution in [0.15, 0.2) is 42.5 Å². The summed E-state index contributed by atoms with van der Waals surface area (Å²) in [6.07, 6.45) is 0.137. The minimum atomic E-state index is -1.96. The van der Waals surface area contributed by atoms with E-state index in [4.69, 9.17) is 13.9 Å². The number of benzene rings is 1. The van der Waals surface area contributed by atoms with Crippen LogP contribution in [0.1, 0.15) is 44.0 Å². The van der Waals surface area contributed by atoms with Crippen molar-refractivity contribution >= 4 is 14.3 Å². The van der Waals surface area contributed by atoms with Crippen molar-refractivity contribution in [3.63, 3.8) is 0 Å². The Morgan fingerprint density at radius 1 is 1.32 bits per heavy atom. The van der Waals surface area contributed by atoms with E-state index in [2.05, 4.69) is 40.4 Å². The number of aliphatic hydroxyl groups is 1. The molecule has 1 N–H and O–H groups in total. The van der Waals surface area contributed by atoms with Gasteiger partial charge in [-0.1, -0.05) is 45.5 Å². The van der Waals surface area contributed by atoms with Crippen molar-refractivity contribution in [3.05, 3.63) is 48.0 Å². The van der Waals surface area contributed by atoms with E-state index in [1.807, 2.05) is 6.07 Å². The van der Waals surface area contributed by atoms with Crippen molar-refractivity contribution in [3.8, 4) is 0 Å². The number of ether oxygens (including phenoxy) is 2. The zero-order valence-electron chi connectivity index (χ0n) is 17.5. The van der Waals surface area contributed by atoms with Gasteiger partial charge in [-0.05, 0) is 35.8 Å². The normalized spacial score (nSPS) is 30.4. The number of epoxide rings is 1. The first-order valence-electron chi connectivity index (χ1n) is 9.91. The van der Waals surface area contributed by atoms with Crippen LogP contribution in [0, 0.1) is 0 Å². The molecule has 1 heterocycles. The van der Waals surface area contributed by atoms with Gasteiger partial charge in [-0.25, -0.2) is 4.79 Å². The van der Waals surface area contributed by atoms with Gasteiger partial charge < -0.3 is 19.0 Å². The summed E-state index contributed by atoms with van der Waals surface area (Å²) in [7, 11) is -1.96. The first kappa shape index (κ1) is 21.2. The lowest BCUT2D eigenvalue weighted by Gasteiger charge is -2.42. The van der Waals surface area contributed by atoms with Crippen LogP contribution < -0.4 is 0 Å². The van der Waals surface area contributed by atoms with Gasteiger partial charge >= 0.3 is 5.97 Å². The molecule has 2 aliphatic rings. The van der Waals surface area contributed by atoms with Gasteiger partial charge in [0.2, 0.25) is 0 Å². The number of rotatable bonds is 5. The number of carbonyl (C=O) groups is 1. The largest absolute Gasteiger partial charge is 0.459 e. The van der Waals surface area contributed by atoms with Crippen LogP contribution in [0.25, 0.3) is 0 Å². The van der Waals surface area contributed by atoms with E-state index < -0.39 is 20.0 Å². The molecule has 3 rings (SSSR count). The molecule has 3 unspecified atom stereocenters. The summed E-state index contributed by atoms with van der Waals surface area (Å²) in [5.74, 6) is -0.373. The number of carbonyl (C=O) groups excluding carboxylic acids is 1. The van der Waals surface area contributed by atoms with Crippen molar-refractivity contribution < 1.29 is 23.8 Å². The molecule has 0 bridgehead atoms. The maximum atomic E-state index is 12.2. The Labute approximate surface area is 168 Å². The van der Waals surface area contributed by atoms with Crippen molar-refractivity contribution in [2.24, 2.45) is 0 Å². The fourth-order valence-electron chi connectivity index (χ4n) is 3.57. The minimum Gasteiger partial charge on any atom is -0.459 e. The average Bonchev–Trinajstić information content (AvgIpc) is 3.30. The van der Waals surface area contributed by atoms with Gasteiger partial charge in [0, 0.05) is 12.8 Å². The van der Waals surface area contributed by atoms with E-state index in [-0.39, 0.29) is 29.8 Å². The van der Waals surface area contributed by atoms with Crippen molar-refractivity contribution in [1.29, 1.82) is 0 Å². The summed E-state index contributed by atoms with van der Waals surface area (Å²) in [5.41, 5.74) is 0.531. The highest BCUT2D eigenvalue weighted by molar-refractivity contribution is 6.74. The van der Waals surface area contributed by atoms with Crippen LogP contribution in [0.2, 0.25) is 18.1 Å². The smallest absolute Gasteiger partial charge is 0.338 e. The van der Waals surface area contributed by atoms with E-state index in [1.54, 1.807) is 24.3 Å². The molecule has 4 atom stereocenters. The summed E-state index contributed by atoms with van der Waals surface area (Å²) in [6.45, 7) is 15.2. The zero-order chi connectivity index (χ0) is 20.7. The Hall–Kier alpha value is -1.47. The van der Waals surface area contributed by atoms with Gasteiger partial charge in [-0.15, -0.1) is 0 Å². The quantitative estimate of drug-likeness (QED) is 0.347. The summed E-state index contributed by atoms with van der Waals surface area (Å²) < 4.78 is 17.9. The van der Waals surface area contributed by atoms with E-state index in [1.165, 1.54) is 0 Å². The molecule has 0 aromatic heterocycles. The number of hydrogen-bond donors (Lipinski definition) is 1. The van der Waals surface area contributed by atoms with Gasteiger partial charge in [0.1, 0.15) is 18.3 Å². The first-order chi connectivity index (χ1) is 13.0. The molecule has 5 nitrogen and oxygen atoms in total. The number of hydrogen-bond acceptors (Lipinski definition) is 5. The first-order valence-corrected chi connectivity index (χ1v) is 12.8. The van der Waals surface area contributed by atoms with E-state index >= 15 is 0 Å². The molecule has 28 heavy (non-hydrogen) atoms. The van der Waals surface area contributed by atoms with E-state index in [0.29, 0.717) is 24.0 Å². The Morgan fingerprint density at radius 2 is 1.96 bits per heavy atom. The van der Waals surface area contributed by atoms with Crippen molar-refractivity contribution in [2.75, 3.05) is 6.61 Å². The molecule has 0 amide bonds. The third-order valence-corrected chi connectivity index (χ3v) is 11.0. The third-order valence-electron chi connectivity index (χ3n) is 6.42. The van der Waals surface area contributed by atoms with Gasteiger partial charge in [0.25, 0.3) is 0 Å². The Balaban J connectivity index is 1.63. The predicted octanol–water partition coefficient (Wildman–Crippen LogP) is 4.08. The van der Waals surface area contributed by atoms with Gasteiger partial charge in [-0.2, -0.15) is 0 Å². The van der Waals surface area contributed by atoms with Crippen LogP contribution in [-0.2, 0) is 13.9 Å². The molecule has 1 saturated heterocycles. The molecule has 6 heteroatoms. The Morgan fingerprint density at radius 3 is 2.57 bits per heavy atom. The molecule has 0 radical (unpaired) electrons. The summed E-state index contributed by atoms with van der Waals surface area (Å²) in [5, 5.41) is 10.6. The van der Waals surface area contributed by atoms with E-state index in [0.717, 1.165) is 0 Å². The lowest BCUT2D eigenvalue weighted by Crippen LogP contribution is -2.49. The number of aliphatic hydroxyl groups excluding tert-OH is 1. The second-order valence-corrected chi connectivity index (χ2v) is 14.2. The van der Waals surface area contributed by atoms with Crippen LogP contribution in [0.5, 0.6) is 0 Å². The molecular weight excluding hydrogens is 372 g/mol. The standard InChI is InChI=1S/C22H32O5Si/c1-15-18(23)12-17(27-28(5,6)21(2,3)4)13-22(15)19(26-22)14-25-20(24)16-10-8-7-9-11-16/h7-11,17-19,23H,1,12-14H2,2-6H3/t17?,18-,19?,22?/m0/s1. The summed E-state index contributed by atoms with van der Waals surface area (Å²) in [6, 6.07) is 8.89. The van der Waals surface area contributed by atoms with Gasteiger partial charge in [-0.3, -0.25) is 0 Å².